The van der Waals surface area contributed by atoms with E-state index in [2.05, 4.69) is 23.3 Å². The van der Waals surface area contributed by atoms with Crippen LogP contribution in [0.1, 0.15) is 23.1 Å². The van der Waals surface area contributed by atoms with Crippen LogP contribution in [0.2, 0.25) is 0 Å². The van der Waals surface area contributed by atoms with Gasteiger partial charge in [0.1, 0.15) is 6.61 Å². The number of amides is 2. The Hall–Kier alpha value is -3.61. The number of hydrogen-bond donors (Lipinski definition) is 0. The molecule has 2 fully saturated rings. The van der Waals surface area contributed by atoms with Crippen LogP contribution in [0, 0.1) is 30.6 Å². The monoisotopic (exact) mass is 446 g/mol. The number of nitrogens with zero attached hydrogens (tertiary/aromatic N) is 2. The summed E-state index contributed by atoms with van der Waals surface area (Å²) < 4.78 is 17.1. The summed E-state index contributed by atoms with van der Waals surface area (Å²) in [6, 6.07) is 11.6. The Kier molecular flexibility index (Phi) is 5.40. The minimum Gasteiger partial charge on any atom is -0.493 e. The fourth-order valence-electron chi connectivity index (χ4n) is 5.20. The molecule has 3 aliphatic rings. The van der Waals surface area contributed by atoms with Crippen LogP contribution in [0.25, 0.3) is 0 Å². The molecule has 2 aromatic rings. The third-order valence-corrected chi connectivity index (χ3v) is 6.72. The summed E-state index contributed by atoms with van der Waals surface area (Å²) >= 11 is 0. The zero-order valence-corrected chi connectivity index (χ0v) is 18.9. The quantitative estimate of drug-likeness (QED) is 0.368. The van der Waals surface area contributed by atoms with Crippen molar-refractivity contribution < 1.29 is 23.8 Å². The van der Waals surface area contributed by atoms with E-state index in [1.807, 2.05) is 25.1 Å². The highest BCUT2D eigenvalue weighted by Crippen LogP contribution is 2.52. The maximum atomic E-state index is 12.8. The van der Waals surface area contributed by atoms with Gasteiger partial charge in [-0.25, -0.2) is 0 Å². The van der Waals surface area contributed by atoms with Crippen molar-refractivity contribution in [3.05, 3.63) is 65.2 Å². The Labute approximate surface area is 192 Å². The molecule has 4 atom stereocenters. The van der Waals surface area contributed by atoms with Crippen LogP contribution in [0.3, 0.4) is 0 Å². The van der Waals surface area contributed by atoms with Gasteiger partial charge in [-0.2, -0.15) is 10.1 Å². The topological polar surface area (TPSA) is 77.4 Å². The first-order chi connectivity index (χ1) is 16.0. The van der Waals surface area contributed by atoms with Gasteiger partial charge in [0.05, 0.1) is 32.3 Å². The number of rotatable bonds is 7. The summed E-state index contributed by atoms with van der Waals surface area (Å²) in [5.74, 6) is 0.762. The van der Waals surface area contributed by atoms with Gasteiger partial charge in [0.2, 0.25) is 5.75 Å². The molecule has 0 aromatic heterocycles. The van der Waals surface area contributed by atoms with Gasteiger partial charge in [-0.05, 0) is 42.9 Å². The standard InChI is InChI=1S/C26H26N2O5/c1-15-5-4-6-16(9-15)14-33-24-20(31-2)10-17(11-21(24)32-3)13-27-28-25(29)22-18-7-8-19(12-18)23(22)26(28)30/h4-11,13,18-19,22-23H,12,14H2,1-3H3/t18-,19-,22-,23+/m0/s1. The molecule has 170 valence electrons. The fraction of sp³-hybridized carbons (Fsp3) is 0.346. The molecular weight excluding hydrogens is 420 g/mol. The summed E-state index contributed by atoms with van der Waals surface area (Å²) in [5.41, 5.74) is 2.82. The smallest absolute Gasteiger partial charge is 0.254 e. The highest BCUT2D eigenvalue weighted by molar-refractivity contribution is 6.06. The van der Waals surface area contributed by atoms with Crippen molar-refractivity contribution in [3.8, 4) is 17.2 Å². The van der Waals surface area contributed by atoms with Crippen molar-refractivity contribution in [2.45, 2.75) is 20.0 Å². The second-order valence-electron chi connectivity index (χ2n) is 8.77. The number of hydrazone groups is 1. The van der Waals surface area contributed by atoms with E-state index in [1.165, 1.54) is 6.21 Å². The zero-order valence-electron chi connectivity index (χ0n) is 18.9. The van der Waals surface area contributed by atoms with E-state index in [0.29, 0.717) is 29.4 Å². The molecular formula is C26H26N2O5. The highest BCUT2D eigenvalue weighted by Gasteiger charge is 2.59. The molecule has 0 N–H and O–H groups in total. The van der Waals surface area contributed by atoms with E-state index >= 15 is 0 Å². The Morgan fingerprint density at radius 1 is 1.00 bits per heavy atom. The minimum absolute atomic E-state index is 0.154. The van der Waals surface area contributed by atoms with Crippen LogP contribution >= 0.6 is 0 Å². The summed E-state index contributed by atoms with van der Waals surface area (Å²) in [6.07, 6.45) is 6.51. The lowest BCUT2D eigenvalue weighted by Crippen LogP contribution is -2.28. The number of ether oxygens (including phenoxy) is 3. The van der Waals surface area contributed by atoms with Gasteiger partial charge in [0, 0.05) is 5.56 Å². The van der Waals surface area contributed by atoms with Gasteiger partial charge in [-0.3, -0.25) is 9.59 Å². The van der Waals surface area contributed by atoms with Crippen LogP contribution in [0.15, 0.2) is 53.7 Å². The lowest BCUT2D eigenvalue weighted by atomic mass is 9.85. The molecule has 0 radical (unpaired) electrons. The lowest BCUT2D eigenvalue weighted by Gasteiger charge is -2.16. The molecule has 1 saturated carbocycles. The van der Waals surface area contributed by atoms with Gasteiger partial charge in [-0.1, -0.05) is 42.0 Å². The van der Waals surface area contributed by atoms with E-state index in [0.717, 1.165) is 22.6 Å². The largest absolute Gasteiger partial charge is 0.493 e. The SMILES string of the molecule is COc1cc(C=NN2C(=O)[C@@H]3[C@H](C2=O)[C@H]2C=C[C@H]3C2)cc(OC)c1OCc1cccc(C)c1. The number of allylic oxidation sites excluding steroid dienone is 2. The van der Waals surface area contributed by atoms with Crippen molar-refractivity contribution in [1.82, 2.24) is 5.01 Å². The van der Waals surface area contributed by atoms with Crippen LogP contribution in [-0.4, -0.2) is 37.3 Å². The van der Waals surface area contributed by atoms with Crippen molar-refractivity contribution >= 4 is 18.0 Å². The predicted molar refractivity (Wildman–Crippen MR) is 122 cm³/mol. The Balaban J connectivity index is 1.36. The highest BCUT2D eigenvalue weighted by atomic mass is 16.5. The number of benzene rings is 2. The Morgan fingerprint density at radius 2 is 1.64 bits per heavy atom. The first-order valence-electron chi connectivity index (χ1n) is 11.0. The van der Waals surface area contributed by atoms with Gasteiger partial charge in [0.15, 0.2) is 11.5 Å². The lowest BCUT2D eigenvalue weighted by molar-refractivity contribution is -0.140. The zero-order chi connectivity index (χ0) is 23.1. The number of carbonyl (C=O) groups excluding carboxylic acids is 2. The van der Waals surface area contributed by atoms with Crippen molar-refractivity contribution in [2.75, 3.05) is 14.2 Å². The molecule has 2 bridgehead atoms. The molecule has 5 rings (SSSR count). The van der Waals surface area contributed by atoms with E-state index in [1.54, 1.807) is 26.4 Å². The second-order valence-corrected chi connectivity index (χ2v) is 8.77. The first kappa shape index (κ1) is 21.2. The van der Waals surface area contributed by atoms with Crippen LogP contribution in [0.5, 0.6) is 17.2 Å². The fourth-order valence-corrected chi connectivity index (χ4v) is 5.20. The molecule has 33 heavy (non-hydrogen) atoms. The van der Waals surface area contributed by atoms with Crippen molar-refractivity contribution in [1.29, 1.82) is 0 Å². The van der Waals surface area contributed by atoms with E-state index in [-0.39, 0.29) is 35.5 Å². The maximum absolute atomic E-state index is 12.8. The third-order valence-electron chi connectivity index (χ3n) is 6.72. The molecule has 7 heteroatoms. The van der Waals surface area contributed by atoms with Gasteiger partial charge in [0.25, 0.3) is 11.8 Å². The number of imide groups is 1. The minimum atomic E-state index is -0.272. The molecule has 2 amide bonds. The molecule has 1 saturated heterocycles. The number of fused-ring (bicyclic) bond motifs is 5. The maximum Gasteiger partial charge on any atom is 0.254 e. The number of methoxy groups -OCH3 is 2. The predicted octanol–water partition coefficient (Wildman–Crippen LogP) is 3.73. The molecule has 0 spiro atoms. The molecule has 1 heterocycles. The number of carbonyl (C=O) groups is 2. The number of aryl methyl sites for hydroxylation is 1. The average molecular weight is 447 g/mol. The molecule has 1 aliphatic heterocycles. The molecule has 2 aromatic carbocycles. The van der Waals surface area contributed by atoms with Crippen LogP contribution in [0.4, 0.5) is 0 Å². The van der Waals surface area contributed by atoms with Crippen LogP contribution in [-0.2, 0) is 16.2 Å². The summed E-state index contributed by atoms with van der Waals surface area (Å²) in [4.78, 5) is 25.7. The van der Waals surface area contributed by atoms with Gasteiger partial charge in [-0.15, -0.1) is 0 Å². The first-order valence-corrected chi connectivity index (χ1v) is 11.0. The van der Waals surface area contributed by atoms with E-state index < -0.39 is 0 Å². The molecule has 2 aliphatic carbocycles. The van der Waals surface area contributed by atoms with Crippen molar-refractivity contribution in [3.63, 3.8) is 0 Å². The summed E-state index contributed by atoms with van der Waals surface area (Å²) in [5, 5.41) is 5.28. The second kappa shape index (κ2) is 8.39. The normalized spacial score (nSPS) is 25.2. The van der Waals surface area contributed by atoms with Crippen molar-refractivity contribution in [2.24, 2.45) is 28.8 Å². The van der Waals surface area contributed by atoms with E-state index in [9.17, 15) is 9.59 Å². The average Bonchev–Trinajstić information content (AvgIpc) is 3.50. The molecule has 0 unspecified atom stereocenters. The van der Waals surface area contributed by atoms with Gasteiger partial charge >= 0.3 is 0 Å². The van der Waals surface area contributed by atoms with E-state index in [4.69, 9.17) is 14.2 Å². The third kappa shape index (κ3) is 3.67. The Morgan fingerprint density at radius 3 is 2.21 bits per heavy atom. The molecule has 7 nitrogen and oxygen atoms in total. The number of hydrogen-bond acceptors (Lipinski definition) is 6. The van der Waals surface area contributed by atoms with Gasteiger partial charge < -0.3 is 14.2 Å². The summed E-state index contributed by atoms with van der Waals surface area (Å²) in [7, 11) is 3.10. The summed E-state index contributed by atoms with van der Waals surface area (Å²) in [6.45, 7) is 2.39. The van der Waals surface area contributed by atoms with Crippen LogP contribution < -0.4 is 14.2 Å². The Bertz CT molecular complexity index is 1120.